The predicted octanol–water partition coefficient (Wildman–Crippen LogP) is 0.999. The highest BCUT2D eigenvalue weighted by atomic mass is 35.5. The lowest BCUT2D eigenvalue weighted by Crippen LogP contribution is -2.27. The molecule has 1 atom stereocenters. The number of primary sulfonamides is 1. The summed E-state index contributed by atoms with van der Waals surface area (Å²) in [5.74, 6) is 0.0590. The molecule has 1 saturated heterocycles. The fourth-order valence-electron chi connectivity index (χ4n) is 2.51. The van der Waals surface area contributed by atoms with E-state index in [1.165, 1.54) is 19.1 Å². The summed E-state index contributed by atoms with van der Waals surface area (Å²) < 4.78 is 32.7. The van der Waals surface area contributed by atoms with Gasteiger partial charge in [0.1, 0.15) is 11.5 Å². The van der Waals surface area contributed by atoms with E-state index in [1.807, 2.05) is 0 Å². The molecule has 22 heavy (non-hydrogen) atoms. The highest BCUT2D eigenvalue weighted by Gasteiger charge is 2.34. The highest BCUT2D eigenvalue weighted by molar-refractivity contribution is 7.89. The molecular weight excluding hydrogens is 332 g/mol. The lowest BCUT2D eigenvalue weighted by atomic mass is 10.1. The Bertz CT molecular complexity index is 692. The summed E-state index contributed by atoms with van der Waals surface area (Å²) in [5, 5.41) is 5.38. The SMILES string of the molecule is COc1cc(OC)c(N2CC(CS(N)(=O)=O)CC2=O)cc1Cl. The van der Waals surface area contributed by atoms with Crippen LogP contribution in [0.15, 0.2) is 12.1 Å². The minimum Gasteiger partial charge on any atom is -0.495 e. The van der Waals surface area contributed by atoms with Gasteiger partial charge < -0.3 is 14.4 Å². The molecule has 122 valence electrons. The van der Waals surface area contributed by atoms with Crippen molar-refractivity contribution in [3.63, 3.8) is 0 Å². The van der Waals surface area contributed by atoms with Crippen LogP contribution < -0.4 is 19.5 Å². The van der Waals surface area contributed by atoms with Crippen molar-refractivity contribution in [1.29, 1.82) is 0 Å². The van der Waals surface area contributed by atoms with E-state index in [4.69, 9.17) is 26.2 Å². The molecule has 0 aromatic heterocycles. The number of rotatable bonds is 5. The molecular formula is C13H17ClN2O5S. The van der Waals surface area contributed by atoms with E-state index in [0.717, 1.165) is 0 Å². The molecule has 1 aliphatic rings. The van der Waals surface area contributed by atoms with Crippen LogP contribution in [0.1, 0.15) is 6.42 Å². The van der Waals surface area contributed by atoms with Crippen molar-refractivity contribution < 1.29 is 22.7 Å². The molecule has 2 N–H and O–H groups in total. The Hall–Kier alpha value is -1.51. The first-order valence-electron chi connectivity index (χ1n) is 6.47. The quantitative estimate of drug-likeness (QED) is 0.855. The monoisotopic (exact) mass is 348 g/mol. The number of sulfonamides is 1. The molecule has 0 bridgehead atoms. The summed E-state index contributed by atoms with van der Waals surface area (Å²) in [6.07, 6.45) is 0.114. The predicted molar refractivity (Wildman–Crippen MR) is 83.0 cm³/mol. The van der Waals surface area contributed by atoms with E-state index in [0.29, 0.717) is 22.2 Å². The zero-order valence-electron chi connectivity index (χ0n) is 12.2. The number of methoxy groups -OCH3 is 2. The molecule has 0 aliphatic carbocycles. The maximum atomic E-state index is 12.2. The number of anilines is 1. The fraction of sp³-hybridized carbons (Fsp3) is 0.462. The smallest absolute Gasteiger partial charge is 0.227 e. The zero-order chi connectivity index (χ0) is 16.5. The van der Waals surface area contributed by atoms with E-state index < -0.39 is 10.0 Å². The van der Waals surface area contributed by atoms with E-state index in [-0.39, 0.29) is 30.5 Å². The first-order chi connectivity index (χ1) is 10.2. The van der Waals surface area contributed by atoms with Crippen LogP contribution >= 0.6 is 11.6 Å². The Balaban J connectivity index is 2.32. The molecule has 1 fully saturated rings. The summed E-state index contributed by atoms with van der Waals surface area (Å²) in [6, 6.07) is 3.15. The van der Waals surface area contributed by atoms with Crippen molar-refractivity contribution in [3.05, 3.63) is 17.2 Å². The van der Waals surface area contributed by atoms with E-state index in [1.54, 1.807) is 12.1 Å². The Kier molecular flexibility index (Phi) is 4.84. The molecule has 9 heteroatoms. The standard InChI is InChI=1S/C13H17ClN2O5S/c1-20-11-5-12(21-2)10(4-9(11)14)16-6-8(3-13(16)17)7-22(15,18)19/h4-5,8H,3,6-7H2,1-2H3,(H2,15,18,19). The number of nitrogens with zero attached hydrogens (tertiary/aromatic N) is 1. The summed E-state index contributed by atoms with van der Waals surface area (Å²) in [6.45, 7) is 0.244. The molecule has 0 radical (unpaired) electrons. The third-order valence-electron chi connectivity index (χ3n) is 3.42. The number of carbonyl (C=O) groups excluding carboxylic acids is 1. The normalized spacial score (nSPS) is 18.6. The van der Waals surface area contributed by atoms with Gasteiger partial charge in [-0.05, 0) is 6.07 Å². The summed E-state index contributed by atoms with van der Waals surface area (Å²) in [4.78, 5) is 13.6. The second kappa shape index (κ2) is 6.31. The average molecular weight is 349 g/mol. The Morgan fingerprint density at radius 2 is 1.95 bits per heavy atom. The molecule has 0 saturated carbocycles. The van der Waals surface area contributed by atoms with Crippen LogP contribution in [0.2, 0.25) is 5.02 Å². The maximum Gasteiger partial charge on any atom is 0.227 e. The van der Waals surface area contributed by atoms with Crippen molar-refractivity contribution >= 4 is 33.2 Å². The Morgan fingerprint density at radius 1 is 1.32 bits per heavy atom. The molecule has 1 heterocycles. The van der Waals surface area contributed by atoms with E-state index in [9.17, 15) is 13.2 Å². The van der Waals surface area contributed by atoms with Gasteiger partial charge in [0.05, 0.1) is 30.7 Å². The molecule has 2 rings (SSSR count). The highest BCUT2D eigenvalue weighted by Crippen LogP contribution is 2.40. The lowest BCUT2D eigenvalue weighted by Gasteiger charge is -2.21. The van der Waals surface area contributed by atoms with Crippen molar-refractivity contribution in [2.24, 2.45) is 11.1 Å². The van der Waals surface area contributed by atoms with Gasteiger partial charge in [0.25, 0.3) is 0 Å². The van der Waals surface area contributed by atoms with Gasteiger partial charge in [-0.1, -0.05) is 11.6 Å². The minimum absolute atomic E-state index is 0.114. The van der Waals surface area contributed by atoms with Crippen LogP contribution in [0.3, 0.4) is 0 Å². The molecule has 0 spiro atoms. The summed E-state index contributed by atoms with van der Waals surface area (Å²) in [5.41, 5.74) is 0.482. The number of benzene rings is 1. The number of hydrogen-bond acceptors (Lipinski definition) is 5. The zero-order valence-corrected chi connectivity index (χ0v) is 13.8. The molecule has 1 aromatic rings. The second-order valence-electron chi connectivity index (χ2n) is 5.06. The lowest BCUT2D eigenvalue weighted by molar-refractivity contribution is -0.117. The van der Waals surface area contributed by atoms with Crippen LogP contribution in [0.25, 0.3) is 0 Å². The van der Waals surface area contributed by atoms with Crippen LogP contribution in [0.4, 0.5) is 5.69 Å². The largest absolute Gasteiger partial charge is 0.495 e. The third kappa shape index (κ3) is 3.63. The first kappa shape index (κ1) is 16.9. The van der Waals surface area contributed by atoms with Gasteiger partial charge in [-0.15, -0.1) is 0 Å². The molecule has 1 aromatic carbocycles. The fourth-order valence-corrected chi connectivity index (χ4v) is 3.63. The number of hydrogen-bond donors (Lipinski definition) is 1. The Labute approximate surface area is 134 Å². The van der Waals surface area contributed by atoms with Crippen LogP contribution in [-0.2, 0) is 14.8 Å². The molecule has 7 nitrogen and oxygen atoms in total. The van der Waals surface area contributed by atoms with E-state index in [2.05, 4.69) is 0 Å². The van der Waals surface area contributed by atoms with Crippen molar-refractivity contribution in [3.8, 4) is 11.5 Å². The van der Waals surface area contributed by atoms with Gasteiger partial charge in [-0.2, -0.15) is 0 Å². The second-order valence-corrected chi connectivity index (χ2v) is 7.13. The number of carbonyl (C=O) groups is 1. The van der Waals surface area contributed by atoms with Gasteiger partial charge in [0.15, 0.2) is 0 Å². The van der Waals surface area contributed by atoms with Gasteiger partial charge in [-0.25, -0.2) is 13.6 Å². The summed E-state index contributed by atoms with van der Waals surface area (Å²) in [7, 11) is -0.685. The third-order valence-corrected chi connectivity index (χ3v) is 4.65. The molecule has 1 aliphatic heterocycles. The number of ether oxygens (including phenoxy) is 2. The van der Waals surface area contributed by atoms with Gasteiger partial charge in [0, 0.05) is 24.9 Å². The number of nitrogens with two attached hydrogens (primary N) is 1. The van der Waals surface area contributed by atoms with Crippen molar-refractivity contribution in [1.82, 2.24) is 0 Å². The van der Waals surface area contributed by atoms with Crippen LogP contribution in [0.5, 0.6) is 11.5 Å². The number of amides is 1. The molecule has 1 amide bonds. The number of halogens is 1. The van der Waals surface area contributed by atoms with Gasteiger partial charge in [-0.3, -0.25) is 4.79 Å². The first-order valence-corrected chi connectivity index (χ1v) is 8.57. The van der Waals surface area contributed by atoms with Crippen LogP contribution in [0, 0.1) is 5.92 Å². The van der Waals surface area contributed by atoms with Crippen LogP contribution in [-0.4, -0.2) is 40.8 Å². The summed E-state index contributed by atoms with van der Waals surface area (Å²) >= 11 is 6.09. The topological polar surface area (TPSA) is 98.9 Å². The molecule has 1 unspecified atom stereocenters. The van der Waals surface area contributed by atoms with Gasteiger partial charge in [0.2, 0.25) is 15.9 Å². The maximum absolute atomic E-state index is 12.2. The van der Waals surface area contributed by atoms with Gasteiger partial charge >= 0.3 is 0 Å². The van der Waals surface area contributed by atoms with Crippen molar-refractivity contribution in [2.75, 3.05) is 31.4 Å². The Morgan fingerprint density at radius 3 is 2.50 bits per heavy atom. The minimum atomic E-state index is -3.63. The van der Waals surface area contributed by atoms with Crippen molar-refractivity contribution in [2.45, 2.75) is 6.42 Å². The average Bonchev–Trinajstić information content (AvgIpc) is 2.76. The van der Waals surface area contributed by atoms with E-state index >= 15 is 0 Å².